The van der Waals surface area contributed by atoms with E-state index in [1.165, 1.54) is 42.3 Å². The number of thiazole rings is 1. The number of rotatable bonds is 8. The van der Waals surface area contributed by atoms with Crippen molar-refractivity contribution in [3.8, 4) is 11.5 Å². The number of aliphatic hydroxyl groups excluding tert-OH is 1. The third-order valence-corrected chi connectivity index (χ3v) is 7.38. The van der Waals surface area contributed by atoms with Crippen molar-refractivity contribution in [1.82, 2.24) is 4.98 Å². The normalized spacial score (nSPS) is 16.7. The van der Waals surface area contributed by atoms with Gasteiger partial charge in [0.05, 0.1) is 35.5 Å². The van der Waals surface area contributed by atoms with Crippen LogP contribution in [0.15, 0.2) is 66.2 Å². The molecule has 0 saturated carbocycles. The molecule has 5 rings (SSSR count). The highest BCUT2D eigenvalue weighted by molar-refractivity contribution is 7.22. The summed E-state index contributed by atoms with van der Waals surface area (Å²) in [6.07, 6.45) is 1.80. The van der Waals surface area contributed by atoms with Gasteiger partial charge in [-0.25, -0.2) is 13.8 Å². The zero-order valence-electron chi connectivity index (χ0n) is 21.1. The van der Waals surface area contributed by atoms with Gasteiger partial charge in [0, 0.05) is 5.56 Å². The van der Waals surface area contributed by atoms with Gasteiger partial charge in [0.15, 0.2) is 16.6 Å². The maximum absolute atomic E-state index is 13.9. The summed E-state index contributed by atoms with van der Waals surface area (Å²) in [6.45, 7) is 2.53. The topological polar surface area (TPSA) is 89.0 Å². The second kappa shape index (κ2) is 10.8. The lowest BCUT2D eigenvalue weighted by atomic mass is 9.95. The molecular weight excluding hydrogens is 526 g/mol. The van der Waals surface area contributed by atoms with Crippen molar-refractivity contribution in [3.63, 3.8) is 0 Å². The minimum atomic E-state index is -1.10. The molecule has 1 saturated heterocycles. The largest absolute Gasteiger partial charge is 0.507 e. The molecule has 0 radical (unpaired) electrons. The van der Waals surface area contributed by atoms with Crippen LogP contribution in [0.25, 0.3) is 16.0 Å². The number of amides is 1. The molecule has 2 heterocycles. The number of hydrogen-bond acceptors (Lipinski definition) is 7. The van der Waals surface area contributed by atoms with Crippen LogP contribution in [0, 0.1) is 11.6 Å². The average Bonchev–Trinajstić information content (AvgIpc) is 3.46. The van der Waals surface area contributed by atoms with Crippen molar-refractivity contribution in [3.05, 3.63) is 89.0 Å². The van der Waals surface area contributed by atoms with E-state index in [0.717, 1.165) is 36.3 Å². The van der Waals surface area contributed by atoms with E-state index in [4.69, 9.17) is 9.47 Å². The number of methoxy groups -OCH3 is 1. The number of fused-ring (bicyclic) bond motifs is 1. The molecule has 0 bridgehead atoms. The molecule has 1 aliphatic rings. The molecule has 1 unspecified atom stereocenters. The van der Waals surface area contributed by atoms with E-state index in [-0.39, 0.29) is 16.3 Å². The Kier molecular flexibility index (Phi) is 7.30. The van der Waals surface area contributed by atoms with Crippen LogP contribution in [-0.4, -0.2) is 35.5 Å². The Hall–Kier alpha value is -4.31. The van der Waals surface area contributed by atoms with Gasteiger partial charge in [-0.1, -0.05) is 30.7 Å². The number of halogens is 2. The van der Waals surface area contributed by atoms with E-state index in [1.54, 1.807) is 18.2 Å². The van der Waals surface area contributed by atoms with Crippen LogP contribution in [0.3, 0.4) is 0 Å². The van der Waals surface area contributed by atoms with Crippen LogP contribution < -0.4 is 14.4 Å². The van der Waals surface area contributed by atoms with Crippen molar-refractivity contribution in [2.45, 2.75) is 25.8 Å². The second-order valence-electron chi connectivity index (χ2n) is 8.90. The molecule has 39 heavy (non-hydrogen) atoms. The average molecular weight is 551 g/mol. The minimum absolute atomic E-state index is 0.156. The number of carbonyl (C=O) groups excluding carboxylic acids is 2. The third kappa shape index (κ3) is 4.95. The van der Waals surface area contributed by atoms with Crippen LogP contribution in [0.4, 0.5) is 13.9 Å². The van der Waals surface area contributed by atoms with Gasteiger partial charge in [0.2, 0.25) is 0 Å². The quantitative estimate of drug-likeness (QED) is 0.118. The number of carbonyl (C=O) groups is 2. The van der Waals surface area contributed by atoms with Crippen LogP contribution in [0.2, 0.25) is 0 Å². The Labute approximate surface area is 226 Å². The zero-order valence-corrected chi connectivity index (χ0v) is 21.9. The van der Waals surface area contributed by atoms with Gasteiger partial charge in [-0.05, 0) is 66.6 Å². The molecule has 1 fully saturated rings. The first kappa shape index (κ1) is 26.3. The maximum atomic E-state index is 13.9. The molecule has 1 atom stereocenters. The van der Waals surface area contributed by atoms with E-state index < -0.39 is 35.1 Å². The fourth-order valence-electron chi connectivity index (χ4n) is 4.40. The summed E-state index contributed by atoms with van der Waals surface area (Å²) in [4.78, 5) is 32.5. The van der Waals surface area contributed by atoms with E-state index in [1.807, 2.05) is 6.92 Å². The molecule has 1 N–H and O–H groups in total. The number of ether oxygens (including phenoxy) is 2. The Morgan fingerprint density at radius 2 is 1.77 bits per heavy atom. The highest BCUT2D eigenvalue weighted by atomic mass is 32.1. The van der Waals surface area contributed by atoms with Crippen LogP contribution in [-0.2, 0) is 9.59 Å². The summed E-state index contributed by atoms with van der Waals surface area (Å²) < 4.78 is 39.3. The summed E-state index contributed by atoms with van der Waals surface area (Å²) in [5.41, 5.74) is 0.867. The lowest BCUT2D eigenvalue weighted by Gasteiger charge is -2.24. The van der Waals surface area contributed by atoms with Crippen LogP contribution in [0.1, 0.15) is 36.9 Å². The molecule has 10 heteroatoms. The first-order valence-electron chi connectivity index (χ1n) is 12.3. The SMILES string of the molecule is CCCCOc1ccc(C2C(=C(O)c3ccc(F)cc3)C(=O)C(=O)N2c2nc3ccc(F)cc3s2)cc1OC. The van der Waals surface area contributed by atoms with E-state index in [0.29, 0.717) is 33.9 Å². The Morgan fingerprint density at radius 1 is 1.03 bits per heavy atom. The number of Topliss-reactive ketones (excluding diaryl/α,β-unsaturated/α-hetero) is 1. The van der Waals surface area contributed by atoms with Crippen LogP contribution in [0.5, 0.6) is 11.5 Å². The summed E-state index contributed by atoms with van der Waals surface area (Å²) in [5.74, 6) is -2.43. The summed E-state index contributed by atoms with van der Waals surface area (Å²) in [7, 11) is 1.48. The fourth-order valence-corrected chi connectivity index (χ4v) is 5.41. The number of anilines is 1. The first-order valence-corrected chi connectivity index (χ1v) is 13.1. The van der Waals surface area contributed by atoms with Crippen LogP contribution >= 0.6 is 11.3 Å². The lowest BCUT2D eigenvalue weighted by molar-refractivity contribution is -0.132. The highest BCUT2D eigenvalue weighted by Gasteiger charge is 2.48. The number of benzene rings is 3. The fraction of sp³-hybridized carbons (Fsp3) is 0.207. The second-order valence-corrected chi connectivity index (χ2v) is 9.91. The smallest absolute Gasteiger partial charge is 0.301 e. The van der Waals surface area contributed by atoms with Gasteiger partial charge < -0.3 is 14.6 Å². The number of nitrogens with zero attached hydrogens (tertiary/aromatic N) is 2. The molecule has 1 aliphatic heterocycles. The summed E-state index contributed by atoms with van der Waals surface area (Å²) in [6, 6.07) is 12.9. The molecule has 7 nitrogen and oxygen atoms in total. The first-order chi connectivity index (χ1) is 18.8. The molecule has 1 amide bonds. The van der Waals surface area contributed by atoms with Crippen molar-refractivity contribution >= 4 is 44.1 Å². The van der Waals surface area contributed by atoms with E-state index in [9.17, 15) is 23.5 Å². The number of aromatic nitrogens is 1. The van der Waals surface area contributed by atoms with Gasteiger partial charge in [-0.15, -0.1) is 0 Å². The zero-order chi connectivity index (χ0) is 27.7. The van der Waals surface area contributed by atoms with Crippen molar-refractivity contribution in [2.75, 3.05) is 18.6 Å². The Bertz CT molecular complexity index is 1600. The summed E-state index contributed by atoms with van der Waals surface area (Å²) in [5, 5.41) is 11.4. The molecule has 1 aromatic heterocycles. The number of hydrogen-bond donors (Lipinski definition) is 1. The number of ketones is 1. The summed E-state index contributed by atoms with van der Waals surface area (Å²) >= 11 is 1.04. The van der Waals surface area contributed by atoms with Crippen molar-refractivity contribution < 1.29 is 33.0 Å². The molecular formula is C29H24F2N2O5S. The van der Waals surface area contributed by atoms with Gasteiger partial charge in [0.25, 0.3) is 5.78 Å². The highest BCUT2D eigenvalue weighted by Crippen LogP contribution is 2.46. The molecule has 3 aromatic carbocycles. The molecule has 200 valence electrons. The van der Waals surface area contributed by atoms with Crippen molar-refractivity contribution in [2.24, 2.45) is 0 Å². The predicted octanol–water partition coefficient (Wildman–Crippen LogP) is 6.39. The van der Waals surface area contributed by atoms with Gasteiger partial charge in [-0.3, -0.25) is 14.5 Å². The van der Waals surface area contributed by atoms with E-state index in [2.05, 4.69) is 4.98 Å². The maximum Gasteiger partial charge on any atom is 0.301 e. The minimum Gasteiger partial charge on any atom is -0.507 e. The lowest BCUT2D eigenvalue weighted by Crippen LogP contribution is -2.29. The standard InChI is InChI=1S/C29H24F2N2O5S/c1-3-4-13-38-21-12-7-17(14-22(21)37-2)25-24(26(34)16-5-8-18(30)9-6-16)27(35)28(36)33(25)29-32-20-11-10-19(31)15-23(20)39-29/h5-12,14-15,25,34H,3-4,13H2,1-2H3. The van der Waals surface area contributed by atoms with Crippen molar-refractivity contribution in [1.29, 1.82) is 0 Å². The van der Waals surface area contributed by atoms with Gasteiger partial charge >= 0.3 is 5.91 Å². The predicted molar refractivity (Wildman–Crippen MR) is 144 cm³/mol. The monoisotopic (exact) mass is 550 g/mol. The van der Waals surface area contributed by atoms with Gasteiger partial charge in [0.1, 0.15) is 17.4 Å². The number of unbranched alkanes of at least 4 members (excludes halogenated alkanes) is 1. The molecule has 4 aromatic rings. The molecule has 0 spiro atoms. The van der Waals surface area contributed by atoms with Gasteiger partial charge in [-0.2, -0.15) is 0 Å². The molecule has 0 aliphatic carbocycles. The Balaban J connectivity index is 1.68. The third-order valence-electron chi connectivity index (χ3n) is 6.37. The number of aliphatic hydroxyl groups is 1. The Morgan fingerprint density at radius 3 is 2.49 bits per heavy atom. The van der Waals surface area contributed by atoms with E-state index >= 15 is 0 Å².